The second-order valence-electron chi connectivity index (χ2n) is 26.3. The topological polar surface area (TPSA) is 31.6 Å². The molecule has 13 aromatic carbocycles. The van der Waals surface area contributed by atoms with Crippen molar-refractivity contribution in [2.45, 2.75) is 36.0 Å². The molecule has 0 saturated heterocycles. The van der Waals surface area contributed by atoms with Crippen LogP contribution < -0.4 is 47.2 Å². The number of hydrogen-bond acceptors (Lipinski definition) is 5. The zero-order valence-electron chi connectivity index (χ0n) is 51.2. The highest BCUT2D eigenvalue weighted by Gasteiger charge is 2.46. The van der Waals surface area contributed by atoms with Crippen molar-refractivity contribution in [3.8, 4) is 67.8 Å². The molecule has 0 saturated carbocycles. The molecule has 5 nitrogen and oxygen atoms in total. The van der Waals surface area contributed by atoms with Crippen molar-refractivity contribution in [1.82, 2.24) is 9.13 Å². The van der Waals surface area contributed by atoms with Gasteiger partial charge in [-0.05, 0) is 164 Å². The molecule has 0 fully saturated rings. The van der Waals surface area contributed by atoms with E-state index in [-0.39, 0.29) is 18.8 Å². The number of hydrogen-bond donors (Lipinski definition) is 0. The Morgan fingerprint density at radius 2 is 0.935 bits per heavy atom. The maximum absolute atomic E-state index is 7.47. The van der Waals surface area contributed by atoms with Gasteiger partial charge >= 0.3 is 0 Å². The number of para-hydroxylation sites is 6. The predicted molar refractivity (Wildman–Crippen MR) is 393 cm³/mol. The Kier molecular flexibility index (Phi) is 11.3. The SMILES string of the molecule is CC(C)(C)c1c(-c2cc3c4c(c2)N(c2ccccc2)c2cc(-n5c6ccccc6c6ccccc65)ccc2B4c2ccc(-n4c5ccccc5c5ccccc54)cc2S3)cc2c3c1Oc1ccccc1B3c1cc(-c3ccc4scc(-c5ccccc5)c4c3)ccc1O2. The van der Waals surface area contributed by atoms with E-state index in [4.69, 9.17) is 9.47 Å². The number of thiophene rings is 1. The largest absolute Gasteiger partial charge is 0.458 e. The second-order valence-corrected chi connectivity index (χ2v) is 28.3. The first-order valence-electron chi connectivity index (χ1n) is 32.1. The summed E-state index contributed by atoms with van der Waals surface area (Å²) in [4.78, 5) is 5.02. The molecule has 4 aliphatic heterocycles. The molecule has 16 aromatic rings. The van der Waals surface area contributed by atoms with Gasteiger partial charge in [0, 0.05) is 86.4 Å². The van der Waals surface area contributed by atoms with Crippen LogP contribution in [-0.2, 0) is 5.41 Å². The van der Waals surface area contributed by atoms with Gasteiger partial charge < -0.3 is 23.5 Å². The van der Waals surface area contributed by atoms with Gasteiger partial charge in [-0.25, -0.2) is 0 Å². The number of aromatic nitrogens is 2. The van der Waals surface area contributed by atoms with Gasteiger partial charge in [-0.2, -0.15) is 0 Å². The van der Waals surface area contributed by atoms with Crippen molar-refractivity contribution < 1.29 is 9.47 Å². The Morgan fingerprint density at radius 1 is 0.355 bits per heavy atom. The second kappa shape index (κ2) is 19.9. The maximum Gasteiger partial charge on any atom is 0.260 e. The first-order valence-corrected chi connectivity index (χ1v) is 33.8. The van der Waals surface area contributed by atoms with E-state index >= 15 is 0 Å². The molecule has 9 heteroatoms. The van der Waals surface area contributed by atoms with Gasteiger partial charge in [-0.3, -0.25) is 0 Å². The Hall–Kier alpha value is -10.7. The van der Waals surface area contributed by atoms with Crippen LogP contribution in [0.25, 0.3) is 98.5 Å². The van der Waals surface area contributed by atoms with E-state index in [0.29, 0.717) is 0 Å². The lowest BCUT2D eigenvalue weighted by atomic mass is 9.34. The average Bonchev–Trinajstić information content (AvgIpc) is 0.997. The molecule has 4 aliphatic rings. The molecule has 20 rings (SSSR count). The lowest BCUT2D eigenvalue weighted by molar-refractivity contribution is 0.447. The fourth-order valence-electron chi connectivity index (χ4n) is 16.1. The highest BCUT2D eigenvalue weighted by molar-refractivity contribution is 8.00. The minimum atomic E-state index is -0.388. The first-order chi connectivity index (χ1) is 45.8. The van der Waals surface area contributed by atoms with Crippen LogP contribution in [-0.4, -0.2) is 22.6 Å². The molecule has 0 spiro atoms. The van der Waals surface area contributed by atoms with Gasteiger partial charge in [-0.1, -0.05) is 208 Å². The Morgan fingerprint density at radius 3 is 1.62 bits per heavy atom. The molecule has 0 aliphatic carbocycles. The highest BCUT2D eigenvalue weighted by Crippen LogP contribution is 2.51. The van der Waals surface area contributed by atoms with Crippen LogP contribution in [0.3, 0.4) is 0 Å². The van der Waals surface area contributed by atoms with Crippen molar-refractivity contribution in [1.29, 1.82) is 0 Å². The summed E-state index contributed by atoms with van der Waals surface area (Å²) in [6.07, 6.45) is 0. The van der Waals surface area contributed by atoms with E-state index < -0.39 is 0 Å². The summed E-state index contributed by atoms with van der Waals surface area (Å²) in [6, 6.07) is 101. The molecule has 93 heavy (non-hydrogen) atoms. The van der Waals surface area contributed by atoms with E-state index in [9.17, 15) is 0 Å². The third kappa shape index (κ3) is 7.84. The fourth-order valence-corrected chi connectivity index (χ4v) is 18.3. The van der Waals surface area contributed by atoms with E-state index in [1.165, 1.54) is 96.6 Å². The molecule has 0 N–H and O–H groups in total. The summed E-state index contributed by atoms with van der Waals surface area (Å²) in [5, 5.41) is 8.54. The van der Waals surface area contributed by atoms with Gasteiger partial charge in [0.05, 0.1) is 22.1 Å². The molecule has 0 radical (unpaired) electrons. The summed E-state index contributed by atoms with van der Waals surface area (Å²) < 4.78 is 21.1. The minimum Gasteiger partial charge on any atom is -0.458 e. The number of benzene rings is 13. The lowest BCUT2D eigenvalue weighted by Crippen LogP contribution is -2.59. The van der Waals surface area contributed by atoms with Gasteiger partial charge in [0.15, 0.2) is 0 Å². The quantitative estimate of drug-likeness (QED) is 0.155. The third-order valence-electron chi connectivity index (χ3n) is 20.0. The van der Waals surface area contributed by atoms with Crippen LogP contribution >= 0.6 is 23.1 Å². The number of rotatable bonds is 6. The molecule has 0 unspecified atom stereocenters. The van der Waals surface area contributed by atoms with Crippen LogP contribution in [0.1, 0.15) is 26.3 Å². The number of nitrogens with zero attached hydrogens (tertiary/aromatic N) is 3. The molecule has 0 amide bonds. The van der Waals surface area contributed by atoms with E-state index in [2.05, 4.69) is 313 Å². The van der Waals surface area contributed by atoms with Crippen LogP contribution in [0.4, 0.5) is 17.1 Å². The summed E-state index contributed by atoms with van der Waals surface area (Å²) >= 11 is 3.70. The minimum absolute atomic E-state index is 0.0789. The van der Waals surface area contributed by atoms with Crippen molar-refractivity contribution in [2.24, 2.45) is 0 Å². The Balaban J connectivity index is 0.812. The summed E-state index contributed by atoms with van der Waals surface area (Å²) in [6.45, 7) is 6.81. The molecule has 7 heterocycles. The lowest BCUT2D eigenvalue weighted by Gasteiger charge is -2.41. The number of fused-ring (bicyclic) bond motifs is 15. The van der Waals surface area contributed by atoms with Gasteiger partial charge in [0.1, 0.15) is 23.0 Å². The van der Waals surface area contributed by atoms with Crippen molar-refractivity contribution in [2.75, 3.05) is 4.90 Å². The average molecular weight is 1220 g/mol. The zero-order chi connectivity index (χ0) is 61.4. The number of anilines is 3. The molecule has 0 atom stereocenters. The van der Waals surface area contributed by atoms with Gasteiger partial charge in [-0.15, -0.1) is 11.3 Å². The molecular formula is C84H55B2N3O2S2. The predicted octanol–water partition coefficient (Wildman–Crippen LogP) is 18.9. The van der Waals surface area contributed by atoms with Gasteiger partial charge in [0.25, 0.3) is 6.71 Å². The smallest absolute Gasteiger partial charge is 0.260 e. The monoisotopic (exact) mass is 1220 g/mol. The molecule has 0 bridgehead atoms. The van der Waals surface area contributed by atoms with Crippen LogP contribution in [0, 0.1) is 0 Å². The Labute approximate surface area is 547 Å². The van der Waals surface area contributed by atoms with Crippen molar-refractivity contribution >= 4 is 140 Å². The fraction of sp³-hybridized carbons (Fsp3) is 0.0476. The molecule has 3 aromatic heterocycles. The first kappa shape index (κ1) is 53.0. The summed E-state index contributed by atoms with van der Waals surface area (Å²) in [5.74, 6) is 3.42. The van der Waals surface area contributed by atoms with Crippen molar-refractivity contribution in [3.63, 3.8) is 0 Å². The molecule has 436 valence electrons. The van der Waals surface area contributed by atoms with Crippen LogP contribution in [0.15, 0.2) is 288 Å². The highest BCUT2D eigenvalue weighted by atomic mass is 32.2. The summed E-state index contributed by atoms with van der Waals surface area (Å²) in [5.41, 5.74) is 25.4. The van der Waals surface area contributed by atoms with Crippen LogP contribution in [0.2, 0.25) is 0 Å². The maximum atomic E-state index is 7.47. The zero-order valence-corrected chi connectivity index (χ0v) is 52.8. The van der Waals surface area contributed by atoms with E-state index in [0.717, 1.165) is 90.1 Å². The third-order valence-corrected chi connectivity index (χ3v) is 22.1. The van der Waals surface area contributed by atoms with E-state index in [1.807, 2.05) is 11.8 Å². The van der Waals surface area contributed by atoms with E-state index in [1.54, 1.807) is 11.3 Å². The standard InChI is InChI=1S/C84H55B2N3O2S2/c1-84(2,3)80-61(48-76-82-83(80)91-74-33-19-14-28-65(74)86(82)67-43-52(34-40-75(67)90-76)51-35-41-77-62(42-51)63(49-92-77)50-20-6-4-7-21-50)53-44-73-81-79(45-53)93-78-47-56(89-70-31-17-12-26-59(70)60-27-13-18-32-71(60)89)37-39-66(78)85(81)64-38-36-55(46-72(64)87(73)54-22-8-5-9-23-54)88-68-29-15-10-24-57(68)58-25-11-16-30-69(58)88/h4-49H,1-3H3. The van der Waals surface area contributed by atoms with Crippen LogP contribution in [0.5, 0.6) is 23.0 Å². The summed E-state index contributed by atoms with van der Waals surface area (Å²) in [7, 11) is 0. The van der Waals surface area contributed by atoms with Gasteiger partial charge in [0.2, 0.25) is 6.71 Å². The normalized spacial score (nSPS) is 13.4. The molecular weight excluding hydrogens is 1170 g/mol. The Bertz CT molecular complexity index is 5770. The number of ether oxygens (including phenoxy) is 2. The van der Waals surface area contributed by atoms with Crippen molar-refractivity contribution in [3.05, 3.63) is 284 Å².